The Morgan fingerprint density at radius 3 is 2.67 bits per heavy atom. The number of morpholine rings is 1. The second-order valence-corrected chi connectivity index (χ2v) is 6.58. The Labute approximate surface area is 158 Å². The van der Waals surface area contributed by atoms with E-state index < -0.39 is 0 Å². The molecular formula is C19H23N7O. The Morgan fingerprint density at radius 1 is 1.04 bits per heavy atom. The molecule has 1 N–H and O–H groups in total. The van der Waals surface area contributed by atoms with Crippen molar-refractivity contribution in [3.8, 4) is 5.82 Å². The Morgan fingerprint density at radius 2 is 1.89 bits per heavy atom. The van der Waals surface area contributed by atoms with Gasteiger partial charge in [-0.2, -0.15) is 5.10 Å². The van der Waals surface area contributed by atoms with Gasteiger partial charge in [-0.25, -0.2) is 19.6 Å². The summed E-state index contributed by atoms with van der Waals surface area (Å²) in [6, 6.07) is 8.06. The number of anilines is 2. The van der Waals surface area contributed by atoms with Gasteiger partial charge in [0.25, 0.3) is 0 Å². The van der Waals surface area contributed by atoms with E-state index in [-0.39, 0.29) is 0 Å². The van der Waals surface area contributed by atoms with E-state index in [9.17, 15) is 0 Å². The van der Waals surface area contributed by atoms with Crippen LogP contribution in [0.15, 0.2) is 36.8 Å². The molecule has 0 amide bonds. The molecule has 8 heteroatoms. The molecule has 140 valence electrons. The van der Waals surface area contributed by atoms with E-state index in [1.165, 1.54) is 0 Å². The number of aromatic nitrogens is 5. The predicted molar refractivity (Wildman–Crippen MR) is 103 cm³/mol. The average molecular weight is 365 g/mol. The highest BCUT2D eigenvalue weighted by atomic mass is 16.5. The molecule has 1 aliphatic rings. The number of ether oxygens (including phenoxy) is 1. The van der Waals surface area contributed by atoms with Crippen molar-refractivity contribution >= 4 is 11.6 Å². The lowest BCUT2D eigenvalue weighted by molar-refractivity contribution is 0.122. The number of hydrogen-bond acceptors (Lipinski definition) is 7. The molecule has 0 aliphatic carbocycles. The summed E-state index contributed by atoms with van der Waals surface area (Å²) >= 11 is 0. The van der Waals surface area contributed by atoms with Crippen LogP contribution in [-0.2, 0) is 11.3 Å². The van der Waals surface area contributed by atoms with E-state index in [1.54, 1.807) is 6.33 Å². The van der Waals surface area contributed by atoms with Crippen molar-refractivity contribution in [2.45, 2.75) is 20.4 Å². The Bertz CT molecular complexity index is 918. The first-order chi connectivity index (χ1) is 13.2. The molecule has 27 heavy (non-hydrogen) atoms. The molecule has 0 bridgehead atoms. The van der Waals surface area contributed by atoms with Gasteiger partial charge in [0, 0.05) is 37.6 Å². The van der Waals surface area contributed by atoms with Crippen LogP contribution in [0.1, 0.15) is 17.0 Å². The highest BCUT2D eigenvalue weighted by molar-refractivity contribution is 5.44. The lowest BCUT2D eigenvalue weighted by atomic mass is 10.2. The van der Waals surface area contributed by atoms with Crippen LogP contribution < -0.4 is 10.2 Å². The molecule has 0 unspecified atom stereocenters. The maximum absolute atomic E-state index is 5.41. The molecule has 0 atom stereocenters. The lowest BCUT2D eigenvalue weighted by Crippen LogP contribution is -2.36. The first-order valence-corrected chi connectivity index (χ1v) is 9.06. The number of nitrogens with one attached hydrogen (secondary N) is 1. The third-order valence-electron chi connectivity index (χ3n) is 4.50. The first-order valence-electron chi connectivity index (χ1n) is 9.06. The van der Waals surface area contributed by atoms with Crippen molar-refractivity contribution in [2.24, 2.45) is 0 Å². The number of hydrogen-bond donors (Lipinski definition) is 1. The van der Waals surface area contributed by atoms with Gasteiger partial charge in [-0.3, -0.25) is 0 Å². The summed E-state index contributed by atoms with van der Waals surface area (Å²) in [5.74, 6) is 2.50. The van der Waals surface area contributed by atoms with Gasteiger partial charge in [-0.1, -0.05) is 0 Å². The summed E-state index contributed by atoms with van der Waals surface area (Å²) in [6.45, 7) is 7.90. The number of rotatable bonds is 5. The second-order valence-electron chi connectivity index (χ2n) is 6.58. The van der Waals surface area contributed by atoms with Crippen LogP contribution in [0.4, 0.5) is 11.6 Å². The van der Waals surface area contributed by atoms with Crippen molar-refractivity contribution in [1.82, 2.24) is 24.7 Å². The van der Waals surface area contributed by atoms with Gasteiger partial charge in [0.15, 0.2) is 5.82 Å². The second kappa shape index (κ2) is 7.71. The molecule has 0 spiro atoms. The smallest absolute Gasteiger partial charge is 0.159 e. The van der Waals surface area contributed by atoms with Crippen LogP contribution in [0.2, 0.25) is 0 Å². The van der Waals surface area contributed by atoms with E-state index in [0.717, 1.165) is 60.7 Å². The van der Waals surface area contributed by atoms with Crippen molar-refractivity contribution in [3.05, 3.63) is 53.7 Å². The fourth-order valence-corrected chi connectivity index (χ4v) is 3.15. The van der Waals surface area contributed by atoms with Gasteiger partial charge < -0.3 is 15.0 Å². The summed E-state index contributed by atoms with van der Waals surface area (Å²) < 4.78 is 7.24. The molecule has 4 rings (SSSR count). The van der Waals surface area contributed by atoms with E-state index in [0.29, 0.717) is 6.54 Å². The van der Waals surface area contributed by atoms with Crippen molar-refractivity contribution in [3.63, 3.8) is 0 Å². The van der Waals surface area contributed by atoms with Gasteiger partial charge in [0.1, 0.15) is 18.0 Å². The largest absolute Gasteiger partial charge is 0.378 e. The van der Waals surface area contributed by atoms with Crippen LogP contribution in [0.3, 0.4) is 0 Å². The fourth-order valence-electron chi connectivity index (χ4n) is 3.15. The summed E-state index contributed by atoms with van der Waals surface area (Å²) in [4.78, 5) is 15.4. The molecule has 3 aromatic heterocycles. The molecule has 3 aromatic rings. The number of aryl methyl sites for hydroxylation is 2. The molecule has 0 saturated carbocycles. The minimum absolute atomic E-state index is 0.660. The zero-order chi connectivity index (χ0) is 18.6. The highest BCUT2D eigenvalue weighted by Gasteiger charge is 2.12. The zero-order valence-corrected chi connectivity index (χ0v) is 15.6. The normalized spacial score (nSPS) is 14.4. The van der Waals surface area contributed by atoms with Gasteiger partial charge in [0.2, 0.25) is 0 Å². The molecule has 1 aliphatic heterocycles. The van der Waals surface area contributed by atoms with Gasteiger partial charge in [0.05, 0.1) is 18.9 Å². The third kappa shape index (κ3) is 4.06. The van der Waals surface area contributed by atoms with Gasteiger partial charge in [-0.15, -0.1) is 0 Å². The highest BCUT2D eigenvalue weighted by Crippen LogP contribution is 2.16. The summed E-state index contributed by atoms with van der Waals surface area (Å²) in [7, 11) is 0. The quantitative estimate of drug-likeness (QED) is 0.742. The van der Waals surface area contributed by atoms with E-state index in [4.69, 9.17) is 4.74 Å². The predicted octanol–water partition coefficient (Wildman–Crippen LogP) is 2.12. The topological polar surface area (TPSA) is 81.0 Å². The maximum atomic E-state index is 5.41. The molecule has 1 fully saturated rings. The Balaban J connectivity index is 1.46. The van der Waals surface area contributed by atoms with E-state index >= 15 is 0 Å². The summed E-state index contributed by atoms with van der Waals surface area (Å²) in [5, 5.41) is 7.84. The van der Waals surface area contributed by atoms with Crippen molar-refractivity contribution < 1.29 is 4.74 Å². The lowest BCUT2D eigenvalue weighted by Gasteiger charge is -2.28. The van der Waals surface area contributed by atoms with E-state index in [2.05, 4.69) is 36.3 Å². The SMILES string of the molecule is Cc1cc(C)n(-c2cc(NCc3ccnc(N4CCOCC4)c3)ncn2)n1. The minimum Gasteiger partial charge on any atom is -0.378 e. The van der Waals surface area contributed by atoms with Crippen LogP contribution in [0.25, 0.3) is 5.82 Å². The zero-order valence-electron chi connectivity index (χ0n) is 15.6. The van der Waals surface area contributed by atoms with E-state index in [1.807, 2.05) is 42.9 Å². The van der Waals surface area contributed by atoms with Crippen LogP contribution in [0.5, 0.6) is 0 Å². The van der Waals surface area contributed by atoms with Gasteiger partial charge in [-0.05, 0) is 37.6 Å². The minimum atomic E-state index is 0.660. The number of nitrogens with zero attached hydrogens (tertiary/aromatic N) is 6. The summed E-state index contributed by atoms with van der Waals surface area (Å²) in [5.41, 5.74) is 3.16. The van der Waals surface area contributed by atoms with Crippen LogP contribution in [0, 0.1) is 13.8 Å². The number of pyridine rings is 1. The summed E-state index contributed by atoms with van der Waals surface area (Å²) in [6.07, 6.45) is 3.41. The van der Waals surface area contributed by atoms with Crippen molar-refractivity contribution in [1.29, 1.82) is 0 Å². The Hall–Kier alpha value is -3.00. The first kappa shape index (κ1) is 17.4. The molecule has 0 aromatic carbocycles. The van der Waals surface area contributed by atoms with Crippen LogP contribution >= 0.6 is 0 Å². The molecule has 0 radical (unpaired) electrons. The monoisotopic (exact) mass is 365 g/mol. The molecule has 4 heterocycles. The Kier molecular flexibility index (Phi) is 4.97. The molecule has 8 nitrogen and oxygen atoms in total. The van der Waals surface area contributed by atoms with Gasteiger partial charge >= 0.3 is 0 Å². The maximum Gasteiger partial charge on any atom is 0.159 e. The third-order valence-corrected chi connectivity index (χ3v) is 4.50. The molecule has 1 saturated heterocycles. The fraction of sp³-hybridized carbons (Fsp3) is 0.368. The standard InChI is InChI=1S/C19H23N7O/c1-14-9-15(2)26(24-14)19-11-17(22-13-23-19)21-12-16-3-4-20-18(10-16)25-5-7-27-8-6-25/h3-4,9-11,13H,5-8,12H2,1-2H3,(H,21,22,23). The van der Waals surface area contributed by atoms with Crippen LogP contribution in [-0.4, -0.2) is 51.0 Å². The van der Waals surface area contributed by atoms with Crippen molar-refractivity contribution in [2.75, 3.05) is 36.5 Å². The average Bonchev–Trinajstić information content (AvgIpc) is 3.06. The molecular weight excluding hydrogens is 342 g/mol.